The number of unbranched alkanes of at least 4 members (excludes halogenated alkanes) is 1. The molecule has 0 heterocycles. The molecule has 0 aliphatic rings. The molecule has 0 bridgehead atoms. The molecule has 0 rings (SSSR count). The summed E-state index contributed by atoms with van der Waals surface area (Å²) >= 11 is 0. The van der Waals surface area contributed by atoms with E-state index in [9.17, 15) is 8.42 Å². The number of hydrogen-bond acceptors (Lipinski definition) is 3. The lowest BCUT2D eigenvalue weighted by Crippen LogP contribution is -2.35. The van der Waals surface area contributed by atoms with Gasteiger partial charge in [0.25, 0.3) is 0 Å². The van der Waals surface area contributed by atoms with Crippen molar-refractivity contribution in [1.29, 1.82) is 0 Å². The normalized spacial score (nSPS) is 12.6. The summed E-state index contributed by atoms with van der Waals surface area (Å²) in [5.41, 5.74) is 0. The number of sulfonamides is 1. The van der Waals surface area contributed by atoms with Gasteiger partial charge in [-0.3, -0.25) is 0 Å². The first-order valence-corrected chi connectivity index (χ1v) is 8.73. The minimum absolute atomic E-state index is 0.279. The lowest BCUT2D eigenvalue weighted by molar-refractivity contribution is 0.380. The molecule has 18 heavy (non-hydrogen) atoms. The summed E-state index contributed by atoms with van der Waals surface area (Å²) in [6.45, 7) is 11.3. The summed E-state index contributed by atoms with van der Waals surface area (Å²) in [5, 5.41) is 3.29. The molecule has 0 spiro atoms. The van der Waals surface area contributed by atoms with E-state index in [2.05, 4.69) is 12.2 Å². The fourth-order valence-corrected chi connectivity index (χ4v) is 3.56. The van der Waals surface area contributed by atoms with Crippen LogP contribution in [-0.2, 0) is 10.0 Å². The van der Waals surface area contributed by atoms with E-state index in [1.54, 1.807) is 4.31 Å². The van der Waals surface area contributed by atoms with Crippen LogP contribution < -0.4 is 5.32 Å². The molecule has 0 aromatic heterocycles. The maximum Gasteiger partial charge on any atom is 0.214 e. The second-order valence-electron chi connectivity index (χ2n) is 5.12. The standard InChI is InChI=1S/C13H30N2O2S/c1-5-9-14-10-7-8-11-18(16,17)15(6-2)12-13(3)4/h13-14H,5-12H2,1-4H3. The topological polar surface area (TPSA) is 49.4 Å². The van der Waals surface area contributed by atoms with E-state index in [-0.39, 0.29) is 5.75 Å². The average molecular weight is 278 g/mol. The van der Waals surface area contributed by atoms with Crippen LogP contribution in [0.25, 0.3) is 0 Å². The fourth-order valence-electron chi connectivity index (χ4n) is 1.81. The van der Waals surface area contributed by atoms with Gasteiger partial charge in [-0.2, -0.15) is 0 Å². The van der Waals surface area contributed by atoms with Gasteiger partial charge in [0, 0.05) is 13.1 Å². The smallest absolute Gasteiger partial charge is 0.214 e. The highest BCUT2D eigenvalue weighted by atomic mass is 32.2. The predicted molar refractivity (Wildman–Crippen MR) is 78.3 cm³/mol. The Morgan fingerprint density at radius 3 is 2.28 bits per heavy atom. The molecule has 0 saturated carbocycles. The number of rotatable bonds is 11. The Morgan fingerprint density at radius 2 is 1.78 bits per heavy atom. The Bertz CT molecular complexity index is 289. The number of nitrogens with one attached hydrogen (secondary N) is 1. The number of nitrogens with zero attached hydrogens (tertiary/aromatic N) is 1. The maximum atomic E-state index is 12.1. The lowest BCUT2D eigenvalue weighted by atomic mass is 10.2. The molecule has 0 saturated heterocycles. The van der Waals surface area contributed by atoms with E-state index in [0.717, 1.165) is 32.4 Å². The molecule has 0 amide bonds. The fraction of sp³-hybridized carbons (Fsp3) is 1.00. The van der Waals surface area contributed by atoms with Gasteiger partial charge in [-0.05, 0) is 38.3 Å². The third kappa shape index (κ3) is 8.06. The van der Waals surface area contributed by atoms with Gasteiger partial charge in [0.05, 0.1) is 5.75 Å². The van der Waals surface area contributed by atoms with E-state index in [1.807, 2.05) is 20.8 Å². The van der Waals surface area contributed by atoms with Crippen LogP contribution in [0.1, 0.15) is 47.0 Å². The van der Waals surface area contributed by atoms with Crippen LogP contribution in [0.4, 0.5) is 0 Å². The van der Waals surface area contributed by atoms with Gasteiger partial charge >= 0.3 is 0 Å². The Hall–Kier alpha value is -0.130. The van der Waals surface area contributed by atoms with Gasteiger partial charge in [-0.15, -0.1) is 0 Å². The van der Waals surface area contributed by atoms with E-state index >= 15 is 0 Å². The quantitative estimate of drug-likeness (QED) is 0.589. The lowest BCUT2D eigenvalue weighted by Gasteiger charge is -2.22. The minimum atomic E-state index is -3.05. The average Bonchev–Trinajstić information content (AvgIpc) is 2.30. The van der Waals surface area contributed by atoms with Gasteiger partial charge in [0.15, 0.2) is 0 Å². The third-order valence-corrected chi connectivity index (χ3v) is 4.75. The Morgan fingerprint density at radius 1 is 1.11 bits per heavy atom. The van der Waals surface area contributed by atoms with E-state index < -0.39 is 10.0 Å². The molecule has 0 atom stereocenters. The summed E-state index contributed by atoms with van der Waals surface area (Å²) < 4.78 is 25.8. The van der Waals surface area contributed by atoms with Crippen molar-refractivity contribution in [2.24, 2.45) is 5.92 Å². The summed E-state index contributed by atoms with van der Waals surface area (Å²) in [6.07, 6.45) is 2.79. The van der Waals surface area contributed by atoms with Gasteiger partial charge < -0.3 is 5.32 Å². The first-order chi connectivity index (χ1) is 8.44. The zero-order valence-electron chi connectivity index (χ0n) is 12.4. The Kier molecular flexibility index (Phi) is 9.68. The highest BCUT2D eigenvalue weighted by Crippen LogP contribution is 2.08. The van der Waals surface area contributed by atoms with Crippen LogP contribution in [0.15, 0.2) is 0 Å². The largest absolute Gasteiger partial charge is 0.317 e. The summed E-state index contributed by atoms with van der Waals surface area (Å²) in [7, 11) is -3.05. The zero-order chi connectivity index (χ0) is 14.0. The highest BCUT2D eigenvalue weighted by Gasteiger charge is 2.20. The minimum Gasteiger partial charge on any atom is -0.317 e. The monoisotopic (exact) mass is 278 g/mol. The first kappa shape index (κ1) is 17.9. The van der Waals surface area contributed by atoms with Gasteiger partial charge in [0.2, 0.25) is 10.0 Å². The Labute approximate surface area is 113 Å². The van der Waals surface area contributed by atoms with Crippen LogP contribution in [0, 0.1) is 5.92 Å². The molecule has 0 unspecified atom stereocenters. The molecule has 0 radical (unpaired) electrons. The Balaban J connectivity index is 3.97. The molecule has 4 nitrogen and oxygen atoms in total. The van der Waals surface area contributed by atoms with Gasteiger partial charge in [-0.25, -0.2) is 12.7 Å². The van der Waals surface area contributed by atoms with E-state index in [0.29, 0.717) is 19.0 Å². The molecule has 1 N–H and O–H groups in total. The van der Waals surface area contributed by atoms with Crippen LogP contribution >= 0.6 is 0 Å². The summed E-state index contributed by atoms with van der Waals surface area (Å²) in [6, 6.07) is 0. The van der Waals surface area contributed by atoms with Crippen LogP contribution in [0.2, 0.25) is 0 Å². The van der Waals surface area contributed by atoms with Crippen molar-refractivity contribution < 1.29 is 8.42 Å². The van der Waals surface area contributed by atoms with Crippen molar-refractivity contribution in [1.82, 2.24) is 9.62 Å². The predicted octanol–water partition coefficient (Wildman–Crippen LogP) is 2.07. The first-order valence-electron chi connectivity index (χ1n) is 7.12. The second kappa shape index (κ2) is 9.75. The maximum absolute atomic E-state index is 12.1. The molecule has 0 aromatic rings. The van der Waals surface area contributed by atoms with E-state index in [4.69, 9.17) is 0 Å². The van der Waals surface area contributed by atoms with Crippen molar-refractivity contribution in [3.63, 3.8) is 0 Å². The van der Waals surface area contributed by atoms with Crippen LogP contribution in [0.3, 0.4) is 0 Å². The van der Waals surface area contributed by atoms with Crippen LogP contribution in [-0.4, -0.2) is 44.7 Å². The molecule has 110 valence electrons. The molecule has 0 aliphatic carbocycles. The van der Waals surface area contributed by atoms with Crippen molar-refractivity contribution in [3.05, 3.63) is 0 Å². The summed E-state index contributed by atoms with van der Waals surface area (Å²) in [4.78, 5) is 0. The van der Waals surface area contributed by atoms with Gasteiger partial charge in [0.1, 0.15) is 0 Å². The zero-order valence-corrected chi connectivity index (χ0v) is 13.2. The molecule has 5 heteroatoms. The molecular weight excluding hydrogens is 248 g/mol. The van der Waals surface area contributed by atoms with E-state index in [1.165, 1.54) is 0 Å². The molecule has 0 fully saturated rings. The van der Waals surface area contributed by atoms with Gasteiger partial charge in [-0.1, -0.05) is 27.7 Å². The van der Waals surface area contributed by atoms with Crippen molar-refractivity contribution >= 4 is 10.0 Å². The molecular formula is C13H30N2O2S. The van der Waals surface area contributed by atoms with Crippen molar-refractivity contribution in [2.45, 2.75) is 47.0 Å². The van der Waals surface area contributed by atoms with Crippen molar-refractivity contribution in [3.8, 4) is 0 Å². The summed E-state index contributed by atoms with van der Waals surface area (Å²) in [5.74, 6) is 0.660. The molecule has 0 aliphatic heterocycles. The van der Waals surface area contributed by atoms with Crippen LogP contribution in [0.5, 0.6) is 0 Å². The molecule has 0 aromatic carbocycles. The second-order valence-corrected chi connectivity index (χ2v) is 7.21. The van der Waals surface area contributed by atoms with Crippen molar-refractivity contribution in [2.75, 3.05) is 31.9 Å². The SMILES string of the molecule is CCCNCCCCS(=O)(=O)N(CC)CC(C)C. The highest BCUT2D eigenvalue weighted by molar-refractivity contribution is 7.89. The third-order valence-electron chi connectivity index (χ3n) is 2.75. The number of hydrogen-bond donors (Lipinski definition) is 1.